The SMILES string of the molecule is CCN1CCN(Cc2cccc(COc3nccc(C(C#N)c4nc5c(C)nccc5s4)n3)c2)CC1C. The molecule has 1 fully saturated rings. The van der Waals surface area contributed by atoms with E-state index in [9.17, 15) is 5.26 Å². The molecule has 2 unspecified atom stereocenters. The highest BCUT2D eigenvalue weighted by Crippen LogP contribution is 2.31. The van der Waals surface area contributed by atoms with Crippen molar-refractivity contribution < 1.29 is 4.74 Å². The minimum absolute atomic E-state index is 0.256. The van der Waals surface area contributed by atoms with Crippen molar-refractivity contribution in [1.29, 1.82) is 5.26 Å². The van der Waals surface area contributed by atoms with Crippen molar-refractivity contribution in [3.05, 3.63) is 76.3 Å². The number of aromatic nitrogens is 4. The lowest BCUT2D eigenvalue weighted by Gasteiger charge is -2.39. The first kappa shape index (κ1) is 25.2. The molecule has 190 valence electrons. The van der Waals surface area contributed by atoms with Crippen LogP contribution >= 0.6 is 11.3 Å². The Balaban J connectivity index is 1.25. The topological polar surface area (TPSA) is 91.1 Å². The van der Waals surface area contributed by atoms with Crippen LogP contribution in [0, 0.1) is 18.3 Å². The fraction of sp³-hybridized carbons (Fsp3) is 0.393. The van der Waals surface area contributed by atoms with Gasteiger partial charge in [0, 0.05) is 44.6 Å². The molecule has 0 saturated carbocycles. The number of hydrogen-bond donors (Lipinski definition) is 0. The molecule has 1 aliphatic heterocycles. The summed E-state index contributed by atoms with van der Waals surface area (Å²) < 4.78 is 6.96. The van der Waals surface area contributed by atoms with Crippen LogP contribution < -0.4 is 4.74 Å². The van der Waals surface area contributed by atoms with Crippen molar-refractivity contribution in [3.63, 3.8) is 0 Å². The number of thiazole rings is 1. The molecule has 9 heteroatoms. The minimum atomic E-state index is -0.596. The second kappa shape index (κ2) is 11.3. The molecular weight excluding hydrogens is 482 g/mol. The predicted molar refractivity (Wildman–Crippen MR) is 144 cm³/mol. The molecule has 3 aromatic heterocycles. The summed E-state index contributed by atoms with van der Waals surface area (Å²) in [5, 5.41) is 10.6. The molecule has 0 spiro atoms. The van der Waals surface area contributed by atoms with Crippen LogP contribution in [0.25, 0.3) is 10.2 Å². The first-order chi connectivity index (χ1) is 18.0. The van der Waals surface area contributed by atoms with Gasteiger partial charge >= 0.3 is 6.01 Å². The Morgan fingerprint density at radius 1 is 1.14 bits per heavy atom. The van der Waals surface area contributed by atoms with Crippen molar-refractivity contribution in [1.82, 2.24) is 29.7 Å². The number of piperazine rings is 1. The standard InChI is InChI=1S/C28H31N7OS/c1-4-35-13-12-34(16-19(35)2)17-21-6-5-7-22(14-21)18-36-28-31-10-8-24(32-28)23(15-29)27-33-26-20(3)30-11-9-25(26)37-27/h5-11,14,19,23H,4,12-13,16-18H2,1-3H3. The number of nitrogens with zero attached hydrogens (tertiary/aromatic N) is 7. The van der Waals surface area contributed by atoms with Crippen LogP contribution in [0.5, 0.6) is 6.01 Å². The smallest absolute Gasteiger partial charge is 0.316 e. The van der Waals surface area contributed by atoms with Crippen molar-refractivity contribution in [2.24, 2.45) is 0 Å². The fourth-order valence-corrected chi connectivity index (χ4v) is 5.94. The maximum atomic E-state index is 9.93. The molecule has 4 aromatic rings. The van der Waals surface area contributed by atoms with E-state index >= 15 is 0 Å². The first-order valence-corrected chi connectivity index (χ1v) is 13.5. The maximum absolute atomic E-state index is 9.93. The normalized spacial score (nSPS) is 17.5. The average molecular weight is 514 g/mol. The quantitative estimate of drug-likeness (QED) is 0.339. The molecule has 1 aromatic carbocycles. The zero-order valence-corrected chi connectivity index (χ0v) is 22.3. The van der Waals surface area contributed by atoms with E-state index in [-0.39, 0.29) is 6.01 Å². The van der Waals surface area contributed by atoms with E-state index < -0.39 is 5.92 Å². The predicted octanol–water partition coefficient (Wildman–Crippen LogP) is 4.55. The van der Waals surface area contributed by atoms with E-state index in [1.807, 2.05) is 13.0 Å². The first-order valence-electron chi connectivity index (χ1n) is 12.7. The third kappa shape index (κ3) is 5.77. The van der Waals surface area contributed by atoms with E-state index in [0.29, 0.717) is 23.4 Å². The molecule has 0 N–H and O–H groups in total. The highest BCUT2D eigenvalue weighted by molar-refractivity contribution is 7.18. The third-order valence-corrected chi connectivity index (χ3v) is 7.94. The van der Waals surface area contributed by atoms with Gasteiger partial charge in [0.2, 0.25) is 0 Å². The zero-order chi connectivity index (χ0) is 25.8. The van der Waals surface area contributed by atoms with Crippen LogP contribution in [0.2, 0.25) is 0 Å². The molecule has 8 nitrogen and oxygen atoms in total. The molecule has 1 saturated heterocycles. The number of hydrogen-bond acceptors (Lipinski definition) is 9. The summed E-state index contributed by atoms with van der Waals surface area (Å²) in [7, 11) is 0. The van der Waals surface area contributed by atoms with Gasteiger partial charge in [-0.25, -0.2) is 9.97 Å². The van der Waals surface area contributed by atoms with E-state index in [1.165, 1.54) is 16.9 Å². The van der Waals surface area contributed by atoms with Crippen molar-refractivity contribution >= 4 is 21.6 Å². The highest BCUT2D eigenvalue weighted by atomic mass is 32.1. The Morgan fingerprint density at radius 2 is 1.97 bits per heavy atom. The van der Waals surface area contributed by atoms with Gasteiger partial charge in [-0.15, -0.1) is 11.3 Å². The van der Waals surface area contributed by atoms with Crippen LogP contribution in [0.4, 0.5) is 0 Å². The molecule has 4 heterocycles. The summed E-state index contributed by atoms with van der Waals surface area (Å²) in [4.78, 5) is 22.9. The van der Waals surface area contributed by atoms with Gasteiger partial charge in [-0.3, -0.25) is 14.8 Å². The minimum Gasteiger partial charge on any atom is -0.459 e. The van der Waals surface area contributed by atoms with Crippen LogP contribution in [0.1, 0.15) is 47.3 Å². The second-order valence-corrected chi connectivity index (χ2v) is 10.5. The summed E-state index contributed by atoms with van der Waals surface area (Å²) >= 11 is 1.49. The van der Waals surface area contributed by atoms with Crippen LogP contribution in [-0.2, 0) is 13.2 Å². The Hall–Kier alpha value is -3.45. The van der Waals surface area contributed by atoms with Gasteiger partial charge in [0.05, 0.1) is 22.2 Å². The largest absolute Gasteiger partial charge is 0.459 e. The molecule has 0 radical (unpaired) electrons. The Labute approximate surface area is 221 Å². The van der Waals surface area contributed by atoms with Crippen LogP contribution in [0.15, 0.2) is 48.8 Å². The van der Waals surface area contributed by atoms with Crippen molar-refractivity contribution in [3.8, 4) is 12.1 Å². The van der Waals surface area contributed by atoms with Gasteiger partial charge in [-0.2, -0.15) is 10.2 Å². The van der Waals surface area contributed by atoms with Gasteiger partial charge in [-0.05, 0) is 43.7 Å². The highest BCUT2D eigenvalue weighted by Gasteiger charge is 2.23. The van der Waals surface area contributed by atoms with E-state index in [0.717, 1.165) is 54.2 Å². The molecule has 0 amide bonds. The number of benzene rings is 1. The Bertz CT molecular complexity index is 1420. The molecule has 0 bridgehead atoms. The van der Waals surface area contributed by atoms with E-state index in [1.54, 1.807) is 18.5 Å². The average Bonchev–Trinajstić information content (AvgIpc) is 3.34. The molecule has 5 rings (SSSR count). The number of pyridine rings is 1. The molecule has 37 heavy (non-hydrogen) atoms. The van der Waals surface area contributed by atoms with Gasteiger partial charge in [0.15, 0.2) is 0 Å². The van der Waals surface area contributed by atoms with Gasteiger partial charge in [-0.1, -0.05) is 31.2 Å². The lowest BCUT2D eigenvalue weighted by atomic mass is 10.1. The van der Waals surface area contributed by atoms with Crippen molar-refractivity contribution in [2.45, 2.75) is 45.9 Å². The van der Waals surface area contributed by atoms with E-state index in [4.69, 9.17) is 4.74 Å². The van der Waals surface area contributed by atoms with Crippen LogP contribution in [0.3, 0.4) is 0 Å². The molecule has 1 aliphatic rings. The number of ether oxygens (including phenoxy) is 1. The fourth-order valence-electron chi connectivity index (χ4n) is 4.86. The summed E-state index contributed by atoms with van der Waals surface area (Å²) in [5.41, 5.74) is 4.60. The molecule has 0 aliphatic carbocycles. The molecule has 2 atom stereocenters. The van der Waals surface area contributed by atoms with Gasteiger partial charge in [0.25, 0.3) is 0 Å². The second-order valence-electron chi connectivity index (χ2n) is 9.44. The summed E-state index contributed by atoms with van der Waals surface area (Å²) in [5.74, 6) is -0.596. The number of fused-ring (bicyclic) bond motifs is 1. The number of aryl methyl sites for hydroxylation is 1. The Morgan fingerprint density at radius 3 is 2.76 bits per heavy atom. The third-order valence-electron chi connectivity index (χ3n) is 6.85. The van der Waals surface area contributed by atoms with Crippen molar-refractivity contribution in [2.75, 3.05) is 26.2 Å². The number of rotatable bonds is 8. The molecular formula is C28H31N7OS. The van der Waals surface area contributed by atoms with Gasteiger partial charge in [0.1, 0.15) is 23.0 Å². The number of nitriles is 1. The lowest BCUT2D eigenvalue weighted by molar-refractivity contribution is 0.0834. The zero-order valence-electron chi connectivity index (χ0n) is 21.5. The Kier molecular flexibility index (Phi) is 7.70. The monoisotopic (exact) mass is 513 g/mol. The summed E-state index contributed by atoms with van der Waals surface area (Å²) in [6.45, 7) is 12.2. The summed E-state index contributed by atoms with van der Waals surface area (Å²) in [6.07, 6.45) is 3.40. The van der Waals surface area contributed by atoms with Crippen LogP contribution in [-0.4, -0.2) is 62.0 Å². The lowest BCUT2D eigenvalue weighted by Crippen LogP contribution is -2.51. The number of likely N-dealkylation sites (N-methyl/N-ethyl adjacent to an activating group) is 1. The van der Waals surface area contributed by atoms with E-state index in [2.05, 4.69) is 73.9 Å². The van der Waals surface area contributed by atoms with Gasteiger partial charge < -0.3 is 4.74 Å². The summed E-state index contributed by atoms with van der Waals surface area (Å²) in [6, 6.07) is 15.3. The maximum Gasteiger partial charge on any atom is 0.316 e.